The van der Waals surface area contributed by atoms with E-state index < -0.39 is 21.7 Å². The SMILES string of the molecule is CCOc1ccc(N(CCNC(=O)c2cccc(F)c2)S(C)(=O)=O)cc1. The summed E-state index contributed by atoms with van der Waals surface area (Å²) in [5.74, 6) is -0.335. The van der Waals surface area contributed by atoms with Crippen LogP contribution in [0.25, 0.3) is 0 Å². The Labute approximate surface area is 152 Å². The fourth-order valence-electron chi connectivity index (χ4n) is 2.36. The molecule has 0 aliphatic rings. The van der Waals surface area contributed by atoms with Crippen molar-refractivity contribution in [3.05, 3.63) is 59.9 Å². The van der Waals surface area contributed by atoms with Gasteiger partial charge in [-0.1, -0.05) is 6.07 Å². The van der Waals surface area contributed by atoms with Crippen LogP contribution in [-0.2, 0) is 10.0 Å². The number of benzene rings is 2. The fourth-order valence-corrected chi connectivity index (χ4v) is 3.29. The lowest BCUT2D eigenvalue weighted by Gasteiger charge is -2.22. The van der Waals surface area contributed by atoms with Crippen LogP contribution in [-0.4, -0.2) is 40.3 Å². The second-order valence-electron chi connectivity index (χ2n) is 5.53. The molecule has 6 nitrogen and oxygen atoms in total. The molecule has 0 aliphatic heterocycles. The molecule has 26 heavy (non-hydrogen) atoms. The minimum atomic E-state index is -3.53. The number of amides is 1. The number of carbonyl (C=O) groups excluding carboxylic acids is 1. The fraction of sp³-hybridized carbons (Fsp3) is 0.278. The number of hydrogen-bond acceptors (Lipinski definition) is 4. The van der Waals surface area contributed by atoms with Crippen molar-refractivity contribution in [2.24, 2.45) is 0 Å². The zero-order valence-electron chi connectivity index (χ0n) is 14.6. The largest absolute Gasteiger partial charge is 0.494 e. The number of nitrogens with zero attached hydrogens (tertiary/aromatic N) is 1. The molecular weight excluding hydrogens is 359 g/mol. The zero-order valence-corrected chi connectivity index (χ0v) is 15.4. The highest BCUT2D eigenvalue weighted by Crippen LogP contribution is 2.21. The Kier molecular flexibility index (Phi) is 6.57. The van der Waals surface area contributed by atoms with Crippen LogP contribution in [0.5, 0.6) is 5.75 Å². The molecule has 0 aromatic heterocycles. The van der Waals surface area contributed by atoms with Gasteiger partial charge in [0.25, 0.3) is 5.91 Å². The summed E-state index contributed by atoms with van der Waals surface area (Å²) in [6, 6.07) is 11.9. The summed E-state index contributed by atoms with van der Waals surface area (Å²) in [5, 5.41) is 2.59. The lowest BCUT2D eigenvalue weighted by atomic mass is 10.2. The minimum Gasteiger partial charge on any atom is -0.494 e. The molecule has 2 aromatic rings. The van der Waals surface area contributed by atoms with E-state index in [4.69, 9.17) is 4.74 Å². The Bertz CT molecular complexity index is 854. The van der Waals surface area contributed by atoms with Crippen LogP contribution in [0.2, 0.25) is 0 Å². The smallest absolute Gasteiger partial charge is 0.251 e. The Morgan fingerprint density at radius 2 is 1.88 bits per heavy atom. The molecule has 0 saturated carbocycles. The van der Waals surface area contributed by atoms with Gasteiger partial charge in [-0.05, 0) is 49.4 Å². The van der Waals surface area contributed by atoms with Gasteiger partial charge in [-0.15, -0.1) is 0 Å². The highest BCUT2D eigenvalue weighted by atomic mass is 32.2. The summed E-state index contributed by atoms with van der Waals surface area (Å²) in [6.07, 6.45) is 1.10. The molecule has 0 heterocycles. The van der Waals surface area contributed by atoms with E-state index >= 15 is 0 Å². The molecule has 0 unspecified atom stereocenters. The van der Waals surface area contributed by atoms with E-state index in [0.717, 1.165) is 12.3 Å². The third-order valence-electron chi connectivity index (χ3n) is 3.52. The van der Waals surface area contributed by atoms with Crippen LogP contribution in [0.15, 0.2) is 48.5 Å². The molecule has 0 aliphatic carbocycles. The molecule has 0 fully saturated rings. The monoisotopic (exact) mass is 380 g/mol. The molecule has 1 amide bonds. The predicted molar refractivity (Wildman–Crippen MR) is 98.5 cm³/mol. The van der Waals surface area contributed by atoms with Gasteiger partial charge in [0, 0.05) is 12.1 Å². The molecule has 140 valence electrons. The van der Waals surface area contributed by atoms with Gasteiger partial charge in [0.15, 0.2) is 0 Å². The zero-order chi connectivity index (χ0) is 19.2. The third-order valence-corrected chi connectivity index (χ3v) is 4.72. The van der Waals surface area contributed by atoms with Gasteiger partial charge in [-0.3, -0.25) is 9.10 Å². The van der Waals surface area contributed by atoms with Crippen LogP contribution in [0, 0.1) is 5.82 Å². The van der Waals surface area contributed by atoms with Crippen molar-refractivity contribution in [3.63, 3.8) is 0 Å². The topological polar surface area (TPSA) is 75.7 Å². The van der Waals surface area contributed by atoms with E-state index in [1.807, 2.05) is 6.92 Å². The normalized spacial score (nSPS) is 11.0. The number of nitrogens with one attached hydrogen (secondary N) is 1. The van der Waals surface area contributed by atoms with E-state index in [0.29, 0.717) is 18.0 Å². The Balaban J connectivity index is 2.03. The molecule has 2 rings (SSSR count). The highest BCUT2D eigenvalue weighted by molar-refractivity contribution is 7.92. The van der Waals surface area contributed by atoms with Crippen molar-refractivity contribution in [2.75, 3.05) is 30.3 Å². The highest BCUT2D eigenvalue weighted by Gasteiger charge is 2.17. The van der Waals surface area contributed by atoms with Crippen molar-refractivity contribution < 1.29 is 22.3 Å². The molecule has 1 N–H and O–H groups in total. The summed E-state index contributed by atoms with van der Waals surface area (Å²) in [7, 11) is -3.53. The first kappa shape index (κ1) is 19.7. The van der Waals surface area contributed by atoms with Gasteiger partial charge in [0.2, 0.25) is 10.0 Å². The first-order valence-electron chi connectivity index (χ1n) is 8.05. The number of anilines is 1. The summed E-state index contributed by atoms with van der Waals surface area (Å²) in [6.45, 7) is 2.50. The minimum absolute atomic E-state index is 0.0495. The van der Waals surface area contributed by atoms with Gasteiger partial charge in [0.05, 0.1) is 25.1 Å². The van der Waals surface area contributed by atoms with E-state index in [2.05, 4.69) is 5.32 Å². The Morgan fingerprint density at radius 1 is 1.19 bits per heavy atom. The van der Waals surface area contributed by atoms with Gasteiger partial charge in [0.1, 0.15) is 11.6 Å². The maximum absolute atomic E-state index is 13.2. The van der Waals surface area contributed by atoms with Crippen molar-refractivity contribution >= 4 is 21.6 Å². The van der Waals surface area contributed by atoms with Gasteiger partial charge >= 0.3 is 0 Å². The second kappa shape index (κ2) is 8.66. The summed E-state index contributed by atoms with van der Waals surface area (Å²) in [4.78, 5) is 12.0. The maximum atomic E-state index is 13.2. The lowest BCUT2D eigenvalue weighted by Crippen LogP contribution is -2.38. The van der Waals surface area contributed by atoms with E-state index in [-0.39, 0.29) is 18.7 Å². The number of rotatable bonds is 8. The molecule has 0 bridgehead atoms. The van der Waals surface area contributed by atoms with Crippen molar-refractivity contribution in [3.8, 4) is 5.75 Å². The number of hydrogen-bond donors (Lipinski definition) is 1. The Morgan fingerprint density at radius 3 is 2.46 bits per heavy atom. The first-order valence-corrected chi connectivity index (χ1v) is 9.90. The van der Waals surface area contributed by atoms with Crippen LogP contribution < -0.4 is 14.4 Å². The summed E-state index contributed by atoms with van der Waals surface area (Å²) in [5.41, 5.74) is 0.646. The number of carbonyl (C=O) groups is 1. The van der Waals surface area contributed by atoms with Crippen molar-refractivity contribution in [1.29, 1.82) is 0 Å². The van der Waals surface area contributed by atoms with Crippen LogP contribution >= 0.6 is 0 Å². The van der Waals surface area contributed by atoms with E-state index in [1.54, 1.807) is 24.3 Å². The molecular formula is C18H21FN2O4S. The Hall–Kier alpha value is -2.61. The van der Waals surface area contributed by atoms with Crippen molar-refractivity contribution in [2.45, 2.75) is 6.92 Å². The number of sulfonamides is 1. The predicted octanol–water partition coefficient (Wildman–Crippen LogP) is 2.42. The van der Waals surface area contributed by atoms with E-state index in [1.165, 1.54) is 22.5 Å². The second-order valence-corrected chi connectivity index (χ2v) is 7.44. The quantitative estimate of drug-likeness (QED) is 0.763. The van der Waals surface area contributed by atoms with Gasteiger partial charge in [-0.2, -0.15) is 0 Å². The maximum Gasteiger partial charge on any atom is 0.251 e. The molecule has 2 aromatic carbocycles. The average molecular weight is 380 g/mol. The molecule has 0 atom stereocenters. The average Bonchev–Trinajstić information content (AvgIpc) is 2.59. The molecule has 8 heteroatoms. The number of halogens is 1. The molecule has 0 saturated heterocycles. The lowest BCUT2D eigenvalue weighted by molar-refractivity contribution is 0.0954. The first-order chi connectivity index (χ1) is 12.3. The van der Waals surface area contributed by atoms with Gasteiger partial charge < -0.3 is 10.1 Å². The van der Waals surface area contributed by atoms with Gasteiger partial charge in [-0.25, -0.2) is 12.8 Å². The summed E-state index contributed by atoms with van der Waals surface area (Å²) >= 11 is 0. The summed E-state index contributed by atoms with van der Waals surface area (Å²) < 4.78 is 43.8. The van der Waals surface area contributed by atoms with Crippen LogP contribution in [0.1, 0.15) is 17.3 Å². The molecule has 0 radical (unpaired) electrons. The number of ether oxygens (including phenoxy) is 1. The third kappa shape index (κ3) is 5.45. The van der Waals surface area contributed by atoms with Crippen LogP contribution in [0.3, 0.4) is 0 Å². The van der Waals surface area contributed by atoms with Crippen LogP contribution in [0.4, 0.5) is 10.1 Å². The molecule has 0 spiro atoms. The van der Waals surface area contributed by atoms with E-state index in [9.17, 15) is 17.6 Å². The standard InChI is InChI=1S/C18H21FN2O4S/c1-3-25-17-9-7-16(8-10-17)21(26(2,23)24)12-11-20-18(22)14-5-4-6-15(19)13-14/h4-10,13H,3,11-12H2,1-2H3,(H,20,22). The van der Waals surface area contributed by atoms with Crippen molar-refractivity contribution in [1.82, 2.24) is 5.32 Å².